The molecule has 0 amide bonds. The zero-order valence-electron chi connectivity index (χ0n) is 17.5. The normalized spacial score (nSPS) is 17.5. The Morgan fingerprint density at radius 3 is 2.67 bits per heavy atom. The molecule has 0 aromatic carbocycles. The molecule has 0 atom stereocenters. The molecule has 0 radical (unpaired) electrons. The third-order valence-corrected chi connectivity index (χ3v) is 6.90. The number of nitrogens with zero attached hydrogens (tertiary/aromatic N) is 7. The van der Waals surface area contributed by atoms with Gasteiger partial charge in [0, 0.05) is 68.8 Å². The van der Waals surface area contributed by atoms with Gasteiger partial charge in [-0.05, 0) is 25.2 Å². The maximum Gasteiger partial charge on any atom is 0.267 e. The van der Waals surface area contributed by atoms with Crippen LogP contribution in [0.4, 0.5) is 5.82 Å². The van der Waals surface area contributed by atoms with Crippen LogP contribution in [0, 0.1) is 13.8 Å². The first-order chi connectivity index (χ1) is 14.6. The van der Waals surface area contributed by atoms with Crippen molar-refractivity contribution < 1.29 is 0 Å². The second-order valence-electron chi connectivity index (χ2n) is 8.12. The third kappa shape index (κ3) is 3.83. The van der Waals surface area contributed by atoms with Gasteiger partial charge in [0.1, 0.15) is 5.82 Å². The summed E-state index contributed by atoms with van der Waals surface area (Å²) < 4.78 is 3.61. The summed E-state index contributed by atoms with van der Waals surface area (Å²) in [6, 6.07) is 5.92. The monoisotopic (exact) mass is 425 g/mol. The minimum Gasteiger partial charge on any atom is -0.354 e. The molecule has 0 spiro atoms. The average molecular weight is 426 g/mol. The van der Waals surface area contributed by atoms with E-state index in [-0.39, 0.29) is 5.56 Å². The smallest absolute Gasteiger partial charge is 0.267 e. The number of hydrogen-bond donors (Lipinski definition) is 0. The fourth-order valence-corrected chi connectivity index (χ4v) is 5.22. The highest BCUT2D eigenvalue weighted by molar-refractivity contribution is 7.98. The van der Waals surface area contributed by atoms with Gasteiger partial charge in [-0.1, -0.05) is 0 Å². The molecule has 3 aromatic rings. The van der Waals surface area contributed by atoms with Crippen molar-refractivity contribution >= 4 is 23.2 Å². The summed E-state index contributed by atoms with van der Waals surface area (Å²) in [6.45, 7) is 9.31. The predicted octanol–water partition coefficient (Wildman–Crippen LogP) is 1.51. The number of aryl methyl sites for hydroxylation is 3. The van der Waals surface area contributed by atoms with E-state index < -0.39 is 0 Å². The Hall–Kier alpha value is -2.39. The van der Waals surface area contributed by atoms with Gasteiger partial charge in [0.25, 0.3) is 5.56 Å². The first-order valence-electron chi connectivity index (χ1n) is 10.6. The standard InChI is InChI=1S/C21H27N7OS/c1-15-12-20(28-19(22-15)11-16(2)23-28)26-7-4-25(5-8-26)6-9-27-21(29)13-17-14-30-10-3-18(17)24-27/h11-13H,3-10,14H2,1-2H3. The number of anilines is 1. The molecular weight excluding hydrogens is 398 g/mol. The second-order valence-corrected chi connectivity index (χ2v) is 9.23. The van der Waals surface area contributed by atoms with E-state index >= 15 is 0 Å². The van der Waals surface area contributed by atoms with Gasteiger partial charge in [0.2, 0.25) is 0 Å². The number of rotatable bonds is 4. The van der Waals surface area contributed by atoms with Crippen LogP contribution in [-0.2, 0) is 18.7 Å². The Morgan fingerprint density at radius 2 is 1.83 bits per heavy atom. The minimum atomic E-state index is 0.0265. The zero-order chi connectivity index (χ0) is 20.7. The highest BCUT2D eigenvalue weighted by atomic mass is 32.2. The molecule has 0 N–H and O–H groups in total. The van der Waals surface area contributed by atoms with Crippen molar-refractivity contribution in [3.63, 3.8) is 0 Å². The Labute approximate surface area is 179 Å². The summed E-state index contributed by atoms with van der Waals surface area (Å²) in [7, 11) is 0. The van der Waals surface area contributed by atoms with Crippen LogP contribution in [0.15, 0.2) is 23.0 Å². The highest BCUT2D eigenvalue weighted by Crippen LogP contribution is 2.22. The van der Waals surface area contributed by atoms with E-state index in [9.17, 15) is 4.79 Å². The summed E-state index contributed by atoms with van der Waals surface area (Å²) in [6.07, 6.45) is 0.964. The number of aromatic nitrogens is 5. The van der Waals surface area contributed by atoms with E-state index in [0.29, 0.717) is 6.54 Å². The molecule has 158 valence electrons. The molecule has 30 heavy (non-hydrogen) atoms. The van der Waals surface area contributed by atoms with E-state index in [2.05, 4.69) is 31.0 Å². The van der Waals surface area contributed by atoms with E-state index in [0.717, 1.165) is 84.8 Å². The van der Waals surface area contributed by atoms with Crippen LogP contribution >= 0.6 is 11.8 Å². The molecular formula is C21H27N7OS. The molecule has 5 rings (SSSR count). The highest BCUT2D eigenvalue weighted by Gasteiger charge is 2.21. The number of hydrogen-bond acceptors (Lipinski definition) is 7. The molecule has 0 saturated carbocycles. The van der Waals surface area contributed by atoms with Crippen molar-refractivity contribution in [2.45, 2.75) is 32.6 Å². The predicted molar refractivity (Wildman–Crippen MR) is 119 cm³/mol. The van der Waals surface area contributed by atoms with Crippen LogP contribution in [0.3, 0.4) is 0 Å². The van der Waals surface area contributed by atoms with Crippen molar-refractivity contribution in [3.8, 4) is 0 Å². The van der Waals surface area contributed by atoms with Crippen molar-refractivity contribution in [3.05, 3.63) is 51.2 Å². The molecule has 0 aliphatic carbocycles. The molecule has 0 unspecified atom stereocenters. The van der Waals surface area contributed by atoms with Gasteiger partial charge in [-0.2, -0.15) is 26.5 Å². The Kier molecular flexibility index (Phi) is 5.24. The van der Waals surface area contributed by atoms with Gasteiger partial charge in [0.05, 0.1) is 17.9 Å². The maximum absolute atomic E-state index is 12.4. The third-order valence-electron chi connectivity index (χ3n) is 5.89. The lowest BCUT2D eigenvalue weighted by atomic mass is 10.2. The number of thioether (sulfide) groups is 1. The fraction of sp³-hybridized carbons (Fsp3) is 0.524. The second kappa shape index (κ2) is 8.03. The zero-order valence-corrected chi connectivity index (χ0v) is 18.4. The van der Waals surface area contributed by atoms with E-state index in [1.54, 1.807) is 10.7 Å². The van der Waals surface area contributed by atoms with E-state index in [4.69, 9.17) is 0 Å². The summed E-state index contributed by atoms with van der Waals surface area (Å²) in [5.74, 6) is 3.12. The van der Waals surface area contributed by atoms with Crippen LogP contribution in [0.5, 0.6) is 0 Å². The van der Waals surface area contributed by atoms with Gasteiger partial charge < -0.3 is 4.90 Å². The Morgan fingerprint density at radius 1 is 1.00 bits per heavy atom. The molecule has 9 heteroatoms. The lowest BCUT2D eigenvalue weighted by Crippen LogP contribution is -2.48. The van der Waals surface area contributed by atoms with Gasteiger partial charge in [-0.25, -0.2) is 9.67 Å². The first-order valence-corrected chi connectivity index (χ1v) is 11.7. The van der Waals surface area contributed by atoms with Gasteiger partial charge in [0.15, 0.2) is 5.65 Å². The van der Waals surface area contributed by atoms with E-state index in [1.165, 1.54) is 0 Å². The largest absolute Gasteiger partial charge is 0.354 e. The molecule has 0 bridgehead atoms. The van der Waals surface area contributed by atoms with Crippen LogP contribution in [-0.4, -0.2) is 67.8 Å². The molecule has 1 saturated heterocycles. The first kappa shape index (κ1) is 19.6. The van der Waals surface area contributed by atoms with Crippen molar-refractivity contribution in [1.82, 2.24) is 29.3 Å². The summed E-state index contributed by atoms with van der Waals surface area (Å²) in [5.41, 5.74) is 5.14. The quantitative estimate of drug-likeness (QED) is 0.627. The van der Waals surface area contributed by atoms with Crippen LogP contribution in [0.2, 0.25) is 0 Å². The summed E-state index contributed by atoms with van der Waals surface area (Å²) in [4.78, 5) is 21.8. The Bertz CT molecular complexity index is 1130. The summed E-state index contributed by atoms with van der Waals surface area (Å²) in [5, 5.41) is 9.26. The van der Waals surface area contributed by atoms with Crippen molar-refractivity contribution in [2.24, 2.45) is 0 Å². The van der Waals surface area contributed by atoms with E-state index in [1.807, 2.05) is 36.2 Å². The topological polar surface area (TPSA) is 71.6 Å². The summed E-state index contributed by atoms with van der Waals surface area (Å²) >= 11 is 1.88. The molecule has 3 aromatic heterocycles. The number of piperazine rings is 1. The lowest BCUT2D eigenvalue weighted by Gasteiger charge is -2.36. The molecule has 2 aliphatic heterocycles. The molecule has 5 heterocycles. The van der Waals surface area contributed by atoms with Crippen LogP contribution in [0.25, 0.3) is 5.65 Å². The number of fused-ring (bicyclic) bond motifs is 2. The van der Waals surface area contributed by atoms with Gasteiger partial charge in [-0.3, -0.25) is 9.69 Å². The fourth-order valence-electron chi connectivity index (χ4n) is 4.27. The average Bonchev–Trinajstić information content (AvgIpc) is 3.12. The van der Waals surface area contributed by atoms with Crippen molar-refractivity contribution in [1.29, 1.82) is 0 Å². The molecule has 2 aliphatic rings. The SMILES string of the molecule is Cc1cc(N2CCN(CCn3nc4c(cc3=O)CSCC4)CC2)n2nc(C)cc2n1. The van der Waals surface area contributed by atoms with Crippen LogP contribution in [0.1, 0.15) is 22.6 Å². The molecule has 8 nitrogen and oxygen atoms in total. The maximum atomic E-state index is 12.4. The van der Waals surface area contributed by atoms with Crippen molar-refractivity contribution in [2.75, 3.05) is 43.4 Å². The Balaban J connectivity index is 1.24. The van der Waals surface area contributed by atoms with Gasteiger partial charge >= 0.3 is 0 Å². The van der Waals surface area contributed by atoms with Gasteiger partial charge in [-0.15, -0.1) is 0 Å². The van der Waals surface area contributed by atoms with Crippen LogP contribution < -0.4 is 10.5 Å². The lowest BCUT2D eigenvalue weighted by molar-refractivity contribution is 0.241. The minimum absolute atomic E-state index is 0.0265. The molecule has 1 fully saturated rings.